The van der Waals surface area contributed by atoms with E-state index in [0.717, 1.165) is 26.2 Å². The lowest BCUT2D eigenvalue weighted by Gasteiger charge is -2.21. The number of anilines is 2. The summed E-state index contributed by atoms with van der Waals surface area (Å²) >= 11 is 0. The standard InChI is InChI=1S/C38H61N2.C36H57N2.C35H54N/c1-4-7-8-9-10-11-12-13-14-15-16-17-18-19-20-21-30-39-31-29-38-35(23-22-24-36(38)33-39)32-34-25-27-37(28-26-34)40(5-2)6-3;1-4-5-6-7-8-9-10-11-12-13-14-15-16-17-18-19-28-38-29-27-36-33(21-20-22-34(36)31-38)30-32-23-25-35(26-24-32)37(2)3;1-3-4-5-6-7-8-9-10-11-12-13-14-15-16-17-18-27-36-28-26-35-33(20-19-21-34(35)30-36)29-32-24-22-31(2)23-25-32/h25-29,31-33H,4-24,30H2,1-3H3;23-27,29-31H,4-22,28H2,1-3H3;22-26,28-30H,3-21,27H2,1-2H3/q3*+1/b;;33-29+. The Kier molecular flexibility index (Phi) is 51.1. The number of nitrogens with zero attached hydrogens (tertiary/aromatic N) is 5. The van der Waals surface area contributed by atoms with E-state index in [2.05, 4.69) is 226 Å². The van der Waals surface area contributed by atoms with Gasteiger partial charge >= 0.3 is 0 Å². The number of hydrogen-bond donors (Lipinski definition) is 0. The van der Waals surface area contributed by atoms with Crippen LogP contribution in [0.4, 0.5) is 11.4 Å². The molecule has 0 saturated heterocycles. The number of aromatic nitrogens is 3. The van der Waals surface area contributed by atoms with Crippen LogP contribution in [0.5, 0.6) is 0 Å². The number of allylic oxidation sites excluding steroid dienone is 3. The minimum atomic E-state index is 1.06. The summed E-state index contributed by atoms with van der Waals surface area (Å²) in [7, 11) is 4.19. The Labute approximate surface area is 703 Å². The fourth-order valence-electron chi connectivity index (χ4n) is 18.0. The van der Waals surface area contributed by atoms with Crippen molar-refractivity contribution in [3.8, 4) is 0 Å². The largest absolute Gasteiger partial charge is 0.378 e. The molecule has 3 aliphatic rings. The predicted molar refractivity (Wildman–Crippen MR) is 503 cm³/mol. The molecule has 3 aromatic carbocycles. The van der Waals surface area contributed by atoms with E-state index < -0.39 is 0 Å². The van der Waals surface area contributed by atoms with Crippen molar-refractivity contribution in [1.82, 2.24) is 0 Å². The number of hydrogen-bond acceptors (Lipinski definition) is 2. The van der Waals surface area contributed by atoms with Crippen molar-refractivity contribution < 1.29 is 13.7 Å². The van der Waals surface area contributed by atoms with Gasteiger partial charge in [-0.1, -0.05) is 363 Å². The molecule has 0 unspecified atom stereocenters. The molecule has 0 N–H and O–H groups in total. The molecule has 3 heterocycles. The van der Waals surface area contributed by atoms with Gasteiger partial charge in [-0.05, 0) is 172 Å². The summed E-state index contributed by atoms with van der Waals surface area (Å²) < 4.78 is 7.33. The highest BCUT2D eigenvalue weighted by Crippen LogP contribution is 2.35. The van der Waals surface area contributed by atoms with Crippen LogP contribution in [-0.4, -0.2) is 27.2 Å². The highest BCUT2D eigenvalue weighted by molar-refractivity contribution is 5.85. The van der Waals surface area contributed by atoms with Crippen LogP contribution >= 0.6 is 0 Å². The maximum atomic E-state index is 2.45. The molecule has 0 amide bonds. The smallest absolute Gasteiger partial charge is 0.172 e. The topological polar surface area (TPSA) is 18.1 Å². The average Bonchev–Trinajstić information content (AvgIpc) is 0.824. The first-order chi connectivity index (χ1) is 56.2. The number of benzene rings is 3. The van der Waals surface area contributed by atoms with E-state index in [9.17, 15) is 0 Å². The van der Waals surface area contributed by atoms with Gasteiger partial charge in [0.05, 0.1) is 0 Å². The lowest BCUT2D eigenvalue weighted by Crippen LogP contribution is -2.34. The molecule has 0 radical (unpaired) electrons. The molecule has 0 bridgehead atoms. The van der Waals surface area contributed by atoms with Gasteiger partial charge in [-0.2, -0.15) is 0 Å². The summed E-state index contributed by atoms with van der Waals surface area (Å²) in [4.78, 5) is 4.57. The summed E-state index contributed by atoms with van der Waals surface area (Å²) in [5, 5.41) is 0. The Morgan fingerprint density at radius 2 is 0.491 bits per heavy atom. The molecule has 0 fully saturated rings. The van der Waals surface area contributed by atoms with Crippen molar-refractivity contribution >= 4 is 46.3 Å². The number of fused-ring (bicyclic) bond motifs is 3. The second-order valence-corrected chi connectivity index (χ2v) is 35.5. The molecule has 0 atom stereocenters. The lowest BCUT2D eigenvalue weighted by atomic mass is 9.87. The number of rotatable bonds is 58. The van der Waals surface area contributed by atoms with Gasteiger partial charge in [0.2, 0.25) is 0 Å². The third-order valence-electron chi connectivity index (χ3n) is 25.4. The minimum absolute atomic E-state index is 1.06. The molecule has 6 aromatic rings. The van der Waals surface area contributed by atoms with Crippen LogP contribution < -0.4 is 23.5 Å². The molecule has 0 aliphatic heterocycles. The number of pyridine rings is 3. The van der Waals surface area contributed by atoms with Crippen LogP contribution in [0.15, 0.2) is 128 Å². The van der Waals surface area contributed by atoms with E-state index in [-0.39, 0.29) is 0 Å². The minimum Gasteiger partial charge on any atom is -0.378 e. The first-order valence-electron chi connectivity index (χ1n) is 49.1. The third-order valence-corrected chi connectivity index (χ3v) is 25.4. The van der Waals surface area contributed by atoms with Gasteiger partial charge < -0.3 is 9.80 Å². The Bertz CT molecular complexity index is 3490. The Morgan fingerprint density at radius 3 is 0.728 bits per heavy atom. The van der Waals surface area contributed by atoms with E-state index in [1.807, 2.05) is 0 Å². The van der Waals surface area contributed by atoms with Crippen molar-refractivity contribution in [2.75, 3.05) is 37.0 Å². The van der Waals surface area contributed by atoms with Gasteiger partial charge in [0.25, 0.3) is 0 Å². The zero-order valence-corrected chi connectivity index (χ0v) is 75.4. The van der Waals surface area contributed by atoms with Gasteiger partial charge in [0.15, 0.2) is 37.2 Å². The van der Waals surface area contributed by atoms with Crippen LogP contribution in [0, 0.1) is 6.92 Å². The summed E-state index contributed by atoms with van der Waals surface area (Å²) in [6, 6.07) is 34.1. The summed E-state index contributed by atoms with van der Waals surface area (Å²) in [5.41, 5.74) is 21.4. The molecule has 5 heteroatoms. The van der Waals surface area contributed by atoms with Gasteiger partial charge in [0.1, 0.15) is 19.6 Å². The van der Waals surface area contributed by atoms with Crippen molar-refractivity contribution in [1.29, 1.82) is 0 Å². The third kappa shape index (κ3) is 39.9. The van der Waals surface area contributed by atoms with Crippen LogP contribution in [0.2, 0.25) is 0 Å². The Morgan fingerprint density at radius 1 is 0.263 bits per heavy atom. The highest BCUT2D eigenvalue weighted by Gasteiger charge is 2.22. The molecule has 0 spiro atoms. The lowest BCUT2D eigenvalue weighted by molar-refractivity contribution is -0.697. The molecule has 3 aliphatic carbocycles. The Balaban J connectivity index is 0.000000237. The van der Waals surface area contributed by atoms with Crippen LogP contribution in [0.3, 0.4) is 0 Å². The molecular weight excluding hydrogens is 1380 g/mol. The second-order valence-electron chi connectivity index (χ2n) is 35.5. The van der Waals surface area contributed by atoms with Gasteiger partial charge in [-0.25, -0.2) is 13.7 Å². The fraction of sp³-hybridized carbons (Fsp3) is 0.642. The van der Waals surface area contributed by atoms with Crippen molar-refractivity contribution in [2.24, 2.45) is 0 Å². The molecular formula is C109H172N5+3. The molecule has 9 rings (SSSR count). The number of aryl methyl sites for hydroxylation is 7. The predicted octanol–water partition coefficient (Wildman–Crippen LogP) is 31.6. The fourth-order valence-corrected chi connectivity index (χ4v) is 18.0. The Hall–Kier alpha value is -6.07. The first-order valence-corrected chi connectivity index (χ1v) is 49.1. The SMILES string of the molecule is CCCCCCCCCCCCCCCCCC[n+]1ccc2c(c1)CCC/C2=C\c1ccc(C)cc1.CCCCCCCCCCCCCCCCCC[n+]1ccc2c(c1)CCC/C2=C\c1ccc(N(C)C)cc1.CCCCCCCCCCCCCCCCCC[n+]1ccc2c(c1)CCC/C2=C\c1ccc(N(CC)CC)cc1. The van der Waals surface area contributed by atoms with Crippen LogP contribution in [0.1, 0.15) is 437 Å². The molecule has 3 aromatic heterocycles. The zero-order valence-electron chi connectivity index (χ0n) is 75.4. The van der Waals surface area contributed by atoms with E-state index in [1.165, 1.54) is 451 Å². The molecule has 630 valence electrons. The zero-order chi connectivity index (χ0) is 80.4. The van der Waals surface area contributed by atoms with Crippen molar-refractivity contribution in [3.05, 3.63) is 184 Å². The highest BCUT2D eigenvalue weighted by atomic mass is 15.1. The van der Waals surface area contributed by atoms with Gasteiger partial charge in [-0.15, -0.1) is 0 Å². The molecule has 5 nitrogen and oxygen atoms in total. The molecule has 114 heavy (non-hydrogen) atoms. The summed E-state index contributed by atoms with van der Waals surface area (Å²) in [6.45, 7) is 19.1. The second kappa shape index (κ2) is 61.3. The summed E-state index contributed by atoms with van der Waals surface area (Å²) in [5.74, 6) is 0. The summed E-state index contributed by atoms with van der Waals surface area (Å²) in [6.07, 6.45) is 101. The monoisotopic (exact) mass is 1550 g/mol. The normalized spacial score (nSPS) is 14.2. The quantitative estimate of drug-likeness (QED) is 0.0280. The molecule has 0 saturated carbocycles. The van der Waals surface area contributed by atoms with Crippen molar-refractivity contribution in [3.63, 3.8) is 0 Å². The van der Waals surface area contributed by atoms with E-state index in [0.29, 0.717) is 0 Å². The van der Waals surface area contributed by atoms with E-state index in [4.69, 9.17) is 0 Å². The average molecular weight is 1550 g/mol. The maximum absolute atomic E-state index is 2.45. The number of unbranched alkanes of at least 4 members (excludes halogenated alkanes) is 45. The van der Waals surface area contributed by atoms with E-state index in [1.54, 1.807) is 5.56 Å². The maximum Gasteiger partial charge on any atom is 0.172 e. The van der Waals surface area contributed by atoms with Gasteiger partial charge in [-0.3, -0.25) is 0 Å². The van der Waals surface area contributed by atoms with Gasteiger partial charge in [0, 0.05) is 92.7 Å². The van der Waals surface area contributed by atoms with Crippen LogP contribution in [0.25, 0.3) is 34.9 Å². The van der Waals surface area contributed by atoms with E-state index >= 15 is 0 Å². The van der Waals surface area contributed by atoms with Crippen LogP contribution in [-0.2, 0) is 38.9 Å². The van der Waals surface area contributed by atoms with Crippen molar-refractivity contribution in [2.45, 2.75) is 427 Å². The first kappa shape index (κ1) is 95.1.